The fraction of sp³-hybridized carbons (Fsp3) is 0.0435. The van der Waals surface area contributed by atoms with E-state index in [9.17, 15) is 9.59 Å². The summed E-state index contributed by atoms with van der Waals surface area (Å²) in [5.41, 5.74) is 1.72. The quantitative estimate of drug-likeness (QED) is 0.321. The van der Waals surface area contributed by atoms with Crippen LogP contribution < -0.4 is 10.1 Å². The Labute approximate surface area is 189 Å². The molecule has 0 unspecified atom stereocenters. The first kappa shape index (κ1) is 21.9. The highest BCUT2D eigenvalue weighted by atomic mass is 35.5. The second-order valence-corrected chi connectivity index (χ2v) is 7.46. The van der Waals surface area contributed by atoms with E-state index in [0.29, 0.717) is 32.1 Å². The normalized spacial score (nSPS) is 10.8. The highest BCUT2D eigenvalue weighted by Crippen LogP contribution is 2.29. The number of allylic oxidation sites excluding steroid dienone is 1. The molecule has 3 aromatic carbocycles. The Kier molecular flexibility index (Phi) is 7.52. The Morgan fingerprint density at radius 3 is 2.13 bits per heavy atom. The minimum absolute atomic E-state index is 0.123. The third-order valence-electron chi connectivity index (χ3n) is 4.03. The number of halogens is 3. The summed E-state index contributed by atoms with van der Waals surface area (Å²) in [6, 6.07) is 18.6. The van der Waals surface area contributed by atoms with Crippen molar-refractivity contribution >= 4 is 58.3 Å². The fourth-order valence-corrected chi connectivity index (χ4v) is 3.12. The molecule has 0 bridgehead atoms. The molecule has 0 spiro atoms. The largest absolute Gasteiger partial charge is 0.484 e. The average Bonchev–Trinajstić information content (AvgIpc) is 2.74. The number of amides is 1. The summed E-state index contributed by atoms with van der Waals surface area (Å²) in [5.74, 6) is 0.000940. The van der Waals surface area contributed by atoms with Crippen LogP contribution in [0, 0.1) is 0 Å². The zero-order valence-electron chi connectivity index (χ0n) is 15.6. The van der Waals surface area contributed by atoms with E-state index in [1.807, 2.05) is 0 Å². The van der Waals surface area contributed by atoms with Crippen molar-refractivity contribution in [2.45, 2.75) is 0 Å². The summed E-state index contributed by atoms with van der Waals surface area (Å²) in [6.07, 6.45) is 3.19. The monoisotopic (exact) mass is 459 g/mol. The van der Waals surface area contributed by atoms with Crippen LogP contribution in [0.15, 0.2) is 72.8 Å². The van der Waals surface area contributed by atoms with Gasteiger partial charge in [-0.25, -0.2) is 0 Å². The molecule has 0 aromatic heterocycles. The Bertz CT molecular complexity index is 1060. The standard InChI is InChI=1S/C23H16Cl3NO3/c24-17-9-7-16(8-10-17)21(28)13-6-15-4-11-18(12-5-15)30-14-22(29)27-23-19(25)2-1-3-20(23)26/h1-13H,14H2,(H,27,29)/b13-6-. The molecule has 0 saturated heterocycles. The third-order valence-corrected chi connectivity index (χ3v) is 4.92. The van der Waals surface area contributed by atoms with Crippen molar-refractivity contribution in [1.29, 1.82) is 0 Å². The second kappa shape index (κ2) is 10.3. The summed E-state index contributed by atoms with van der Waals surface area (Å²) >= 11 is 17.9. The van der Waals surface area contributed by atoms with Crippen LogP contribution in [0.5, 0.6) is 5.75 Å². The average molecular weight is 461 g/mol. The number of rotatable bonds is 7. The number of carbonyl (C=O) groups is 2. The molecule has 1 amide bonds. The summed E-state index contributed by atoms with van der Waals surface area (Å²) in [6.45, 7) is -0.203. The first-order chi connectivity index (χ1) is 14.4. The van der Waals surface area contributed by atoms with Crippen molar-refractivity contribution in [2.24, 2.45) is 0 Å². The number of carbonyl (C=O) groups excluding carboxylic acids is 2. The van der Waals surface area contributed by atoms with Crippen LogP contribution >= 0.6 is 34.8 Å². The topological polar surface area (TPSA) is 55.4 Å². The molecule has 30 heavy (non-hydrogen) atoms. The number of ether oxygens (including phenoxy) is 1. The third kappa shape index (κ3) is 6.10. The van der Waals surface area contributed by atoms with Gasteiger partial charge in [0.1, 0.15) is 5.75 Å². The number of hydrogen-bond acceptors (Lipinski definition) is 3. The predicted octanol–water partition coefficient (Wildman–Crippen LogP) is 6.56. The molecule has 0 heterocycles. The van der Waals surface area contributed by atoms with Gasteiger partial charge >= 0.3 is 0 Å². The molecule has 0 aliphatic heterocycles. The van der Waals surface area contributed by atoms with Gasteiger partial charge in [0, 0.05) is 10.6 Å². The molecule has 0 atom stereocenters. The van der Waals surface area contributed by atoms with E-state index >= 15 is 0 Å². The number of nitrogens with one attached hydrogen (secondary N) is 1. The van der Waals surface area contributed by atoms with Crippen molar-refractivity contribution in [3.8, 4) is 5.75 Å². The number of para-hydroxylation sites is 1. The van der Waals surface area contributed by atoms with Gasteiger partial charge in [0.15, 0.2) is 12.4 Å². The lowest BCUT2D eigenvalue weighted by molar-refractivity contribution is -0.118. The van der Waals surface area contributed by atoms with Crippen LogP contribution in [-0.4, -0.2) is 18.3 Å². The van der Waals surface area contributed by atoms with Gasteiger partial charge < -0.3 is 10.1 Å². The zero-order chi connectivity index (χ0) is 21.5. The van der Waals surface area contributed by atoms with Crippen molar-refractivity contribution in [3.63, 3.8) is 0 Å². The van der Waals surface area contributed by atoms with Crippen LogP contribution in [0.4, 0.5) is 5.69 Å². The predicted molar refractivity (Wildman–Crippen MR) is 122 cm³/mol. The summed E-state index contributed by atoms with van der Waals surface area (Å²) < 4.78 is 5.48. The Hall–Kier alpha value is -2.79. The van der Waals surface area contributed by atoms with Crippen molar-refractivity contribution < 1.29 is 14.3 Å². The number of anilines is 1. The lowest BCUT2D eigenvalue weighted by atomic mass is 10.1. The molecule has 0 aliphatic carbocycles. The van der Waals surface area contributed by atoms with Crippen LogP contribution in [-0.2, 0) is 4.79 Å². The molecule has 152 valence electrons. The molecule has 0 aliphatic rings. The van der Waals surface area contributed by atoms with Crippen molar-refractivity contribution in [3.05, 3.63) is 99.0 Å². The lowest BCUT2D eigenvalue weighted by Crippen LogP contribution is -2.20. The molecule has 3 rings (SSSR count). The lowest BCUT2D eigenvalue weighted by Gasteiger charge is -2.10. The van der Waals surface area contributed by atoms with Crippen molar-refractivity contribution in [2.75, 3.05) is 11.9 Å². The van der Waals surface area contributed by atoms with E-state index in [1.165, 1.54) is 6.08 Å². The SMILES string of the molecule is O=C(COc1ccc(/C=C\C(=O)c2ccc(Cl)cc2)cc1)Nc1c(Cl)cccc1Cl. The second-order valence-electron chi connectivity index (χ2n) is 6.21. The van der Waals surface area contributed by atoms with Crippen LogP contribution in [0.3, 0.4) is 0 Å². The first-order valence-corrected chi connectivity index (χ1v) is 10.0. The molecular weight excluding hydrogens is 445 g/mol. The molecule has 0 fully saturated rings. The maximum atomic E-state index is 12.2. The summed E-state index contributed by atoms with van der Waals surface area (Å²) in [7, 11) is 0. The summed E-state index contributed by atoms with van der Waals surface area (Å²) in [4.78, 5) is 24.2. The van der Waals surface area contributed by atoms with Crippen molar-refractivity contribution in [1.82, 2.24) is 0 Å². The summed E-state index contributed by atoms with van der Waals surface area (Å²) in [5, 5.41) is 3.90. The zero-order valence-corrected chi connectivity index (χ0v) is 17.8. The van der Waals surface area contributed by atoms with Gasteiger partial charge in [-0.05, 0) is 60.2 Å². The molecule has 7 heteroatoms. The fourth-order valence-electron chi connectivity index (χ4n) is 2.50. The Balaban J connectivity index is 1.53. The van der Waals surface area contributed by atoms with E-state index in [4.69, 9.17) is 39.5 Å². The van der Waals surface area contributed by atoms with Gasteiger partial charge in [-0.15, -0.1) is 0 Å². The van der Waals surface area contributed by atoms with Crippen LogP contribution in [0.1, 0.15) is 15.9 Å². The Morgan fingerprint density at radius 1 is 0.867 bits per heavy atom. The number of hydrogen-bond donors (Lipinski definition) is 1. The Morgan fingerprint density at radius 2 is 1.50 bits per heavy atom. The molecule has 3 aromatic rings. The van der Waals surface area contributed by atoms with E-state index in [2.05, 4.69) is 5.32 Å². The van der Waals surface area contributed by atoms with E-state index < -0.39 is 0 Å². The van der Waals surface area contributed by atoms with Gasteiger partial charge in [-0.3, -0.25) is 9.59 Å². The highest BCUT2D eigenvalue weighted by molar-refractivity contribution is 6.39. The van der Waals surface area contributed by atoms with E-state index in [1.54, 1.807) is 72.8 Å². The van der Waals surface area contributed by atoms with Crippen LogP contribution in [0.25, 0.3) is 6.08 Å². The van der Waals surface area contributed by atoms with Crippen LogP contribution in [0.2, 0.25) is 15.1 Å². The molecule has 4 nitrogen and oxygen atoms in total. The van der Waals surface area contributed by atoms with E-state index in [0.717, 1.165) is 5.56 Å². The van der Waals surface area contributed by atoms with Gasteiger partial charge in [0.05, 0.1) is 15.7 Å². The van der Waals surface area contributed by atoms with Gasteiger partial charge in [-0.2, -0.15) is 0 Å². The molecule has 1 N–H and O–H groups in total. The molecule has 0 radical (unpaired) electrons. The first-order valence-electron chi connectivity index (χ1n) is 8.87. The maximum absolute atomic E-state index is 12.2. The van der Waals surface area contributed by atoms with Gasteiger partial charge in [0.25, 0.3) is 5.91 Å². The minimum Gasteiger partial charge on any atom is -0.484 e. The molecular formula is C23H16Cl3NO3. The van der Waals surface area contributed by atoms with Gasteiger partial charge in [-0.1, -0.05) is 59.1 Å². The molecule has 0 saturated carbocycles. The maximum Gasteiger partial charge on any atom is 0.262 e. The van der Waals surface area contributed by atoms with Gasteiger partial charge in [0.2, 0.25) is 0 Å². The highest BCUT2D eigenvalue weighted by Gasteiger charge is 2.10. The number of benzene rings is 3. The smallest absolute Gasteiger partial charge is 0.262 e. The van der Waals surface area contributed by atoms with E-state index in [-0.39, 0.29) is 18.3 Å². The number of ketones is 1. The minimum atomic E-state index is -0.387.